The Kier molecular flexibility index (Phi) is 7.14. The first-order valence-corrected chi connectivity index (χ1v) is 10.0. The van der Waals surface area contributed by atoms with Crippen LogP contribution in [0.1, 0.15) is 29.9 Å². The second kappa shape index (κ2) is 9.99. The summed E-state index contributed by atoms with van der Waals surface area (Å²) >= 11 is 0. The molecule has 6 heteroatoms. The Hall–Kier alpha value is -2.73. The van der Waals surface area contributed by atoms with E-state index in [0.29, 0.717) is 24.7 Å². The first-order chi connectivity index (χ1) is 13.7. The SMILES string of the molecule is CCN(CC)C(=O)c1ccnc(N2CCN(C/C=C/c3ccccc3)CC2)n1. The molecule has 0 radical (unpaired) electrons. The normalized spacial score (nSPS) is 15.1. The molecule has 0 spiro atoms. The van der Waals surface area contributed by atoms with Gasteiger partial charge in [-0.2, -0.15) is 0 Å². The second-order valence-electron chi connectivity index (χ2n) is 6.82. The summed E-state index contributed by atoms with van der Waals surface area (Å²) in [5.41, 5.74) is 1.70. The number of nitrogens with zero attached hydrogens (tertiary/aromatic N) is 5. The van der Waals surface area contributed by atoms with Crippen LogP contribution in [0.15, 0.2) is 48.7 Å². The molecule has 1 saturated heterocycles. The molecule has 0 N–H and O–H groups in total. The van der Waals surface area contributed by atoms with Gasteiger partial charge in [-0.1, -0.05) is 42.5 Å². The fraction of sp³-hybridized carbons (Fsp3) is 0.409. The van der Waals surface area contributed by atoms with Crippen molar-refractivity contribution < 1.29 is 4.79 Å². The molecule has 148 valence electrons. The molecule has 28 heavy (non-hydrogen) atoms. The third-order valence-corrected chi connectivity index (χ3v) is 5.04. The maximum absolute atomic E-state index is 12.5. The van der Waals surface area contributed by atoms with Gasteiger partial charge in [0.05, 0.1) is 0 Å². The molecule has 0 aliphatic carbocycles. The number of rotatable bonds is 7. The lowest BCUT2D eigenvalue weighted by atomic mass is 10.2. The number of piperazine rings is 1. The summed E-state index contributed by atoms with van der Waals surface area (Å²) in [6, 6.07) is 12.1. The molecule has 1 aromatic heterocycles. The highest BCUT2D eigenvalue weighted by Crippen LogP contribution is 2.13. The van der Waals surface area contributed by atoms with Gasteiger partial charge in [0.15, 0.2) is 0 Å². The van der Waals surface area contributed by atoms with Crippen molar-refractivity contribution >= 4 is 17.9 Å². The lowest BCUT2D eigenvalue weighted by Crippen LogP contribution is -2.47. The first-order valence-electron chi connectivity index (χ1n) is 10.0. The van der Waals surface area contributed by atoms with Crippen LogP contribution in [0.2, 0.25) is 0 Å². The Balaban J connectivity index is 1.54. The van der Waals surface area contributed by atoms with E-state index in [1.54, 1.807) is 17.2 Å². The molecule has 0 unspecified atom stereocenters. The van der Waals surface area contributed by atoms with Crippen LogP contribution in [0.4, 0.5) is 5.95 Å². The Morgan fingerprint density at radius 1 is 1.07 bits per heavy atom. The molecule has 0 bridgehead atoms. The van der Waals surface area contributed by atoms with Crippen molar-refractivity contribution in [2.75, 3.05) is 50.7 Å². The lowest BCUT2D eigenvalue weighted by Gasteiger charge is -2.34. The average Bonchev–Trinajstić information content (AvgIpc) is 2.76. The van der Waals surface area contributed by atoms with Gasteiger partial charge in [0.1, 0.15) is 5.69 Å². The van der Waals surface area contributed by atoms with Gasteiger partial charge in [0.25, 0.3) is 5.91 Å². The number of aromatic nitrogens is 2. The van der Waals surface area contributed by atoms with E-state index >= 15 is 0 Å². The number of amides is 1. The third-order valence-electron chi connectivity index (χ3n) is 5.04. The fourth-order valence-electron chi connectivity index (χ4n) is 3.33. The Labute approximate surface area is 167 Å². The molecule has 0 saturated carbocycles. The van der Waals surface area contributed by atoms with Crippen LogP contribution >= 0.6 is 0 Å². The van der Waals surface area contributed by atoms with Crippen molar-refractivity contribution in [1.82, 2.24) is 19.8 Å². The van der Waals surface area contributed by atoms with Gasteiger partial charge in [0, 0.05) is 52.0 Å². The van der Waals surface area contributed by atoms with Crippen LogP contribution < -0.4 is 4.90 Å². The summed E-state index contributed by atoms with van der Waals surface area (Å²) in [7, 11) is 0. The van der Waals surface area contributed by atoms with E-state index in [-0.39, 0.29) is 5.91 Å². The molecule has 6 nitrogen and oxygen atoms in total. The molecule has 2 aromatic rings. The van der Waals surface area contributed by atoms with Crippen LogP contribution in [0, 0.1) is 0 Å². The number of carbonyl (C=O) groups is 1. The lowest BCUT2D eigenvalue weighted by molar-refractivity contribution is 0.0767. The van der Waals surface area contributed by atoms with E-state index in [1.807, 2.05) is 19.9 Å². The number of hydrogen-bond donors (Lipinski definition) is 0. The third kappa shape index (κ3) is 5.16. The maximum Gasteiger partial charge on any atom is 0.272 e. The van der Waals surface area contributed by atoms with Crippen LogP contribution in [-0.4, -0.2) is 71.5 Å². The minimum atomic E-state index is -0.0293. The van der Waals surface area contributed by atoms with Gasteiger partial charge in [-0.25, -0.2) is 9.97 Å². The summed E-state index contributed by atoms with van der Waals surface area (Å²) in [4.78, 5) is 27.8. The largest absolute Gasteiger partial charge is 0.338 e. The smallest absolute Gasteiger partial charge is 0.272 e. The topological polar surface area (TPSA) is 52.6 Å². The van der Waals surface area contributed by atoms with E-state index in [4.69, 9.17) is 0 Å². The average molecular weight is 380 g/mol. The van der Waals surface area contributed by atoms with Gasteiger partial charge in [-0.05, 0) is 25.5 Å². The van der Waals surface area contributed by atoms with Crippen molar-refractivity contribution in [3.8, 4) is 0 Å². The standard InChI is InChI=1S/C22H29N5O/c1-3-26(4-2)21(28)20-12-13-23-22(24-20)27-17-15-25(16-18-27)14-8-11-19-9-6-5-7-10-19/h5-13H,3-4,14-18H2,1-2H3/b11-8+. The summed E-state index contributed by atoms with van der Waals surface area (Å²) in [5.74, 6) is 0.621. The van der Waals surface area contributed by atoms with Gasteiger partial charge in [-0.15, -0.1) is 0 Å². The van der Waals surface area contributed by atoms with E-state index in [2.05, 4.69) is 56.2 Å². The molecule has 1 amide bonds. The van der Waals surface area contributed by atoms with E-state index in [1.165, 1.54) is 5.56 Å². The number of hydrogen-bond acceptors (Lipinski definition) is 5. The van der Waals surface area contributed by atoms with E-state index in [9.17, 15) is 4.79 Å². The quantitative estimate of drug-likeness (QED) is 0.740. The van der Waals surface area contributed by atoms with Crippen LogP contribution in [0.3, 0.4) is 0 Å². The van der Waals surface area contributed by atoms with Crippen molar-refractivity contribution in [3.05, 3.63) is 59.9 Å². The maximum atomic E-state index is 12.5. The number of benzene rings is 1. The predicted molar refractivity (Wildman–Crippen MR) is 113 cm³/mol. The van der Waals surface area contributed by atoms with Crippen molar-refractivity contribution in [3.63, 3.8) is 0 Å². The summed E-state index contributed by atoms with van der Waals surface area (Å²) in [5, 5.41) is 0. The highest BCUT2D eigenvalue weighted by Gasteiger charge is 2.20. The molecule has 1 aliphatic rings. The van der Waals surface area contributed by atoms with E-state index < -0.39 is 0 Å². The Morgan fingerprint density at radius 3 is 2.46 bits per heavy atom. The number of anilines is 1. The monoisotopic (exact) mass is 379 g/mol. The zero-order valence-electron chi connectivity index (χ0n) is 16.8. The number of carbonyl (C=O) groups excluding carboxylic acids is 1. The molecular weight excluding hydrogens is 350 g/mol. The minimum absolute atomic E-state index is 0.0293. The van der Waals surface area contributed by atoms with Gasteiger partial charge >= 0.3 is 0 Å². The zero-order chi connectivity index (χ0) is 19.8. The van der Waals surface area contributed by atoms with Crippen LogP contribution in [0.5, 0.6) is 0 Å². The van der Waals surface area contributed by atoms with Gasteiger partial charge in [0.2, 0.25) is 5.95 Å². The Morgan fingerprint density at radius 2 is 1.79 bits per heavy atom. The van der Waals surface area contributed by atoms with Crippen LogP contribution in [0.25, 0.3) is 6.08 Å². The second-order valence-corrected chi connectivity index (χ2v) is 6.82. The highest BCUT2D eigenvalue weighted by atomic mass is 16.2. The van der Waals surface area contributed by atoms with Gasteiger partial charge < -0.3 is 9.80 Å². The zero-order valence-corrected chi connectivity index (χ0v) is 16.8. The Bertz CT molecular complexity index is 781. The molecular formula is C22H29N5O. The molecule has 1 fully saturated rings. The molecule has 1 aromatic carbocycles. The molecule has 1 aliphatic heterocycles. The van der Waals surface area contributed by atoms with Crippen molar-refractivity contribution in [1.29, 1.82) is 0 Å². The first kappa shape index (κ1) is 20.0. The summed E-state index contributed by atoms with van der Waals surface area (Å²) < 4.78 is 0. The van der Waals surface area contributed by atoms with E-state index in [0.717, 1.165) is 32.7 Å². The predicted octanol–water partition coefficient (Wildman–Crippen LogP) is 2.79. The highest BCUT2D eigenvalue weighted by molar-refractivity contribution is 5.92. The van der Waals surface area contributed by atoms with Crippen molar-refractivity contribution in [2.24, 2.45) is 0 Å². The fourth-order valence-corrected chi connectivity index (χ4v) is 3.33. The minimum Gasteiger partial charge on any atom is -0.338 e. The summed E-state index contributed by atoms with van der Waals surface area (Å²) in [6.07, 6.45) is 6.07. The molecule has 3 rings (SSSR count). The molecule has 0 atom stereocenters. The molecule has 2 heterocycles. The summed E-state index contributed by atoms with van der Waals surface area (Å²) in [6.45, 7) is 9.90. The van der Waals surface area contributed by atoms with Crippen molar-refractivity contribution in [2.45, 2.75) is 13.8 Å². The van der Waals surface area contributed by atoms with Crippen LogP contribution in [-0.2, 0) is 0 Å². The van der Waals surface area contributed by atoms with Gasteiger partial charge in [-0.3, -0.25) is 9.69 Å².